The molecule has 0 radical (unpaired) electrons. The van der Waals surface area contributed by atoms with Gasteiger partial charge in [-0.05, 0) is 34.5 Å². The third-order valence-corrected chi connectivity index (χ3v) is 5.20. The Balaban J connectivity index is 2.05. The van der Waals surface area contributed by atoms with Crippen molar-refractivity contribution in [2.45, 2.75) is 13.5 Å². The Kier molecular flexibility index (Phi) is 4.75. The molecule has 132 valence electrons. The van der Waals surface area contributed by atoms with Crippen molar-refractivity contribution in [3.05, 3.63) is 32.4 Å². The standard InChI is InChI=1S/C16H16BrClN4O3/c1-7-10(24-2)4-8(12(17)13(7)25-3)5-22-6-9(23)11-14(18)20-16(19)21-15(11)22/h4H,5-6H2,1-3H3,(H2,19,20,21). The van der Waals surface area contributed by atoms with Crippen LogP contribution in [0.3, 0.4) is 0 Å². The van der Waals surface area contributed by atoms with Gasteiger partial charge in [-0.15, -0.1) is 0 Å². The average Bonchev–Trinajstić information content (AvgIpc) is 2.86. The van der Waals surface area contributed by atoms with Crippen molar-refractivity contribution in [3.63, 3.8) is 0 Å². The fourth-order valence-electron chi connectivity index (χ4n) is 2.89. The van der Waals surface area contributed by atoms with Gasteiger partial charge < -0.3 is 20.1 Å². The number of rotatable bonds is 4. The number of nitrogens with two attached hydrogens (primary N) is 1. The summed E-state index contributed by atoms with van der Waals surface area (Å²) in [5.41, 5.74) is 7.75. The zero-order valence-corrected chi connectivity index (χ0v) is 16.2. The minimum Gasteiger partial charge on any atom is -0.496 e. The van der Waals surface area contributed by atoms with E-state index in [9.17, 15) is 4.79 Å². The first-order valence-corrected chi connectivity index (χ1v) is 8.55. The monoisotopic (exact) mass is 426 g/mol. The first-order chi connectivity index (χ1) is 11.9. The van der Waals surface area contributed by atoms with Gasteiger partial charge in [0.1, 0.15) is 22.5 Å². The topological polar surface area (TPSA) is 90.6 Å². The van der Waals surface area contributed by atoms with Gasteiger partial charge in [0, 0.05) is 12.1 Å². The highest BCUT2D eigenvalue weighted by molar-refractivity contribution is 9.10. The van der Waals surface area contributed by atoms with E-state index in [-0.39, 0.29) is 23.4 Å². The zero-order chi connectivity index (χ0) is 18.3. The molecule has 2 N–H and O–H groups in total. The first-order valence-electron chi connectivity index (χ1n) is 7.38. The summed E-state index contributed by atoms with van der Waals surface area (Å²) in [6.07, 6.45) is 0. The van der Waals surface area contributed by atoms with Crippen LogP contribution in [0.2, 0.25) is 5.15 Å². The molecule has 25 heavy (non-hydrogen) atoms. The highest BCUT2D eigenvalue weighted by Crippen LogP contribution is 2.40. The Morgan fingerprint density at radius 2 is 2.08 bits per heavy atom. The predicted octanol–water partition coefficient (Wildman–Crippen LogP) is 3.00. The smallest absolute Gasteiger partial charge is 0.223 e. The third kappa shape index (κ3) is 3.00. The number of aromatic nitrogens is 2. The SMILES string of the molecule is COc1cc(CN2CC(=O)c3c(Cl)nc(N)nc32)c(Br)c(OC)c1C. The van der Waals surface area contributed by atoms with Crippen molar-refractivity contribution in [1.82, 2.24) is 9.97 Å². The molecule has 1 aromatic heterocycles. The lowest BCUT2D eigenvalue weighted by molar-refractivity contribution is 0.101. The number of hydrogen-bond acceptors (Lipinski definition) is 7. The molecule has 9 heteroatoms. The number of methoxy groups -OCH3 is 2. The van der Waals surface area contributed by atoms with E-state index in [4.69, 9.17) is 26.8 Å². The molecule has 0 fully saturated rings. The molecule has 2 aromatic rings. The molecule has 0 bridgehead atoms. The molecule has 1 aromatic carbocycles. The number of ketones is 1. The summed E-state index contributed by atoms with van der Waals surface area (Å²) in [7, 11) is 3.19. The number of ether oxygens (including phenoxy) is 2. The van der Waals surface area contributed by atoms with E-state index in [2.05, 4.69) is 25.9 Å². The van der Waals surface area contributed by atoms with Crippen LogP contribution >= 0.6 is 27.5 Å². The average molecular weight is 428 g/mol. The number of carbonyl (C=O) groups is 1. The van der Waals surface area contributed by atoms with Gasteiger partial charge in [0.25, 0.3) is 0 Å². The van der Waals surface area contributed by atoms with E-state index in [0.29, 0.717) is 29.4 Å². The van der Waals surface area contributed by atoms with Gasteiger partial charge in [0.2, 0.25) is 5.95 Å². The van der Waals surface area contributed by atoms with Crippen LogP contribution < -0.4 is 20.1 Å². The van der Waals surface area contributed by atoms with E-state index < -0.39 is 0 Å². The van der Waals surface area contributed by atoms with E-state index in [0.717, 1.165) is 15.6 Å². The Bertz CT molecular complexity index is 875. The number of halogens is 2. The lowest BCUT2D eigenvalue weighted by Gasteiger charge is -2.21. The number of benzene rings is 1. The van der Waals surface area contributed by atoms with Gasteiger partial charge in [-0.3, -0.25) is 4.79 Å². The lowest BCUT2D eigenvalue weighted by Crippen LogP contribution is -2.23. The molecule has 0 saturated carbocycles. The number of carbonyl (C=O) groups excluding carboxylic acids is 1. The first kappa shape index (κ1) is 17.8. The van der Waals surface area contributed by atoms with Crippen molar-refractivity contribution >= 4 is 45.1 Å². The molecule has 3 rings (SSSR count). The molecular formula is C16H16BrClN4O3. The second-order valence-corrected chi connectivity index (χ2v) is 6.71. The molecule has 0 saturated heterocycles. The fourth-order valence-corrected chi connectivity index (χ4v) is 3.87. The van der Waals surface area contributed by atoms with E-state index in [1.165, 1.54) is 0 Å². The second kappa shape index (κ2) is 6.68. The Morgan fingerprint density at radius 3 is 2.72 bits per heavy atom. The molecule has 0 amide bonds. The van der Waals surface area contributed by atoms with Crippen molar-refractivity contribution in [3.8, 4) is 11.5 Å². The summed E-state index contributed by atoms with van der Waals surface area (Å²) in [6, 6.07) is 1.90. The number of nitrogen functional groups attached to an aromatic ring is 1. The van der Waals surface area contributed by atoms with Gasteiger partial charge in [-0.25, -0.2) is 4.98 Å². The van der Waals surface area contributed by atoms with Crippen LogP contribution in [-0.2, 0) is 6.54 Å². The molecule has 2 heterocycles. The highest BCUT2D eigenvalue weighted by Gasteiger charge is 2.32. The number of anilines is 2. The maximum absolute atomic E-state index is 12.3. The largest absolute Gasteiger partial charge is 0.496 e. The van der Waals surface area contributed by atoms with Gasteiger partial charge in [0.05, 0.1) is 30.8 Å². The molecule has 0 unspecified atom stereocenters. The maximum Gasteiger partial charge on any atom is 0.223 e. The summed E-state index contributed by atoms with van der Waals surface area (Å²) in [5, 5.41) is 0.0770. The van der Waals surface area contributed by atoms with E-state index in [1.807, 2.05) is 13.0 Å². The van der Waals surface area contributed by atoms with Crippen LogP contribution in [0.5, 0.6) is 11.5 Å². The molecular weight excluding hydrogens is 412 g/mol. The van der Waals surface area contributed by atoms with Crippen molar-refractivity contribution in [1.29, 1.82) is 0 Å². The van der Waals surface area contributed by atoms with Crippen LogP contribution in [0, 0.1) is 6.92 Å². The third-order valence-electron chi connectivity index (χ3n) is 4.06. The van der Waals surface area contributed by atoms with Crippen molar-refractivity contribution in [2.75, 3.05) is 31.4 Å². The summed E-state index contributed by atoms with van der Waals surface area (Å²) >= 11 is 9.63. The number of nitrogens with zero attached hydrogens (tertiary/aromatic N) is 3. The quantitative estimate of drug-likeness (QED) is 0.750. The summed E-state index contributed by atoms with van der Waals surface area (Å²) < 4.78 is 11.7. The van der Waals surface area contributed by atoms with Gasteiger partial charge in [0.15, 0.2) is 5.78 Å². The summed E-state index contributed by atoms with van der Waals surface area (Å²) in [4.78, 5) is 22.1. The molecule has 1 aliphatic heterocycles. The minimum absolute atomic E-state index is 0.0292. The van der Waals surface area contributed by atoms with Gasteiger partial charge in [-0.2, -0.15) is 4.98 Å². The summed E-state index contributed by atoms with van der Waals surface area (Å²) in [5.74, 6) is 1.71. The van der Waals surface area contributed by atoms with Crippen LogP contribution in [0.15, 0.2) is 10.5 Å². The fraction of sp³-hybridized carbons (Fsp3) is 0.312. The van der Waals surface area contributed by atoms with Crippen LogP contribution in [0.1, 0.15) is 21.5 Å². The molecule has 0 spiro atoms. The second-order valence-electron chi connectivity index (χ2n) is 5.56. The molecule has 0 aliphatic carbocycles. The number of Topliss-reactive ketones (excluding diaryl/α,β-unsaturated/α-hetero) is 1. The lowest BCUT2D eigenvalue weighted by atomic mass is 10.1. The Hall–Kier alpha value is -2.06. The Labute approximate surface area is 158 Å². The highest BCUT2D eigenvalue weighted by atomic mass is 79.9. The van der Waals surface area contributed by atoms with Crippen LogP contribution in [-0.4, -0.2) is 36.5 Å². The number of hydrogen-bond donors (Lipinski definition) is 1. The van der Waals surface area contributed by atoms with Gasteiger partial charge in [-0.1, -0.05) is 11.6 Å². The minimum atomic E-state index is -0.137. The van der Waals surface area contributed by atoms with E-state index in [1.54, 1.807) is 19.1 Å². The zero-order valence-electron chi connectivity index (χ0n) is 13.9. The van der Waals surface area contributed by atoms with Crippen molar-refractivity contribution in [2.24, 2.45) is 0 Å². The van der Waals surface area contributed by atoms with E-state index >= 15 is 0 Å². The molecule has 1 aliphatic rings. The Morgan fingerprint density at radius 1 is 1.36 bits per heavy atom. The number of fused-ring (bicyclic) bond motifs is 1. The molecule has 0 atom stereocenters. The van der Waals surface area contributed by atoms with Crippen molar-refractivity contribution < 1.29 is 14.3 Å². The van der Waals surface area contributed by atoms with Crippen LogP contribution in [0.4, 0.5) is 11.8 Å². The molecule has 7 nitrogen and oxygen atoms in total. The van der Waals surface area contributed by atoms with Gasteiger partial charge >= 0.3 is 0 Å². The summed E-state index contributed by atoms with van der Waals surface area (Å²) in [6.45, 7) is 2.46. The van der Waals surface area contributed by atoms with Crippen LogP contribution in [0.25, 0.3) is 0 Å². The maximum atomic E-state index is 12.3. The normalized spacial score (nSPS) is 13.2. The predicted molar refractivity (Wildman–Crippen MR) is 98.8 cm³/mol.